The lowest BCUT2D eigenvalue weighted by Crippen LogP contribution is -2.19. The van der Waals surface area contributed by atoms with Gasteiger partial charge in [0.25, 0.3) is 0 Å². The number of anilines is 1. The molecule has 2 heterocycles. The number of hydrogen-bond acceptors (Lipinski definition) is 5. The zero-order valence-electron chi connectivity index (χ0n) is 10.5. The summed E-state index contributed by atoms with van der Waals surface area (Å²) in [6, 6.07) is 9.22. The minimum Gasteiger partial charge on any atom is -0.354 e. The van der Waals surface area contributed by atoms with Crippen LogP contribution in [0.2, 0.25) is 10.0 Å². The minimum absolute atomic E-state index is 0.543. The quantitative estimate of drug-likeness (QED) is 0.744. The zero-order valence-corrected chi connectivity index (χ0v) is 12.0. The van der Waals surface area contributed by atoms with E-state index in [-0.39, 0.29) is 0 Å². The lowest BCUT2D eigenvalue weighted by atomic mass is 10.2. The summed E-state index contributed by atoms with van der Waals surface area (Å²) in [4.78, 5) is 1.94. The number of halogens is 2. The van der Waals surface area contributed by atoms with Crippen LogP contribution in [0, 0.1) is 0 Å². The molecule has 1 aromatic carbocycles. The Labute approximate surface area is 124 Å². The molecule has 8 heteroatoms. The van der Waals surface area contributed by atoms with Gasteiger partial charge in [-0.3, -0.25) is 0 Å². The van der Waals surface area contributed by atoms with Crippen LogP contribution in [0.5, 0.6) is 0 Å². The molecule has 0 aliphatic rings. The SMILES string of the molecule is CN(Cc1cccc(Cl)c1Cl)c1ccc2nnnn2n1. The Kier molecular flexibility index (Phi) is 3.42. The van der Waals surface area contributed by atoms with Gasteiger partial charge in [0.15, 0.2) is 11.5 Å². The fourth-order valence-corrected chi connectivity index (χ4v) is 2.23. The average Bonchev–Trinajstić information content (AvgIpc) is 2.91. The van der Waals surface area contributed by atoms with Gasteiger partial charge in [-0.2, -0.15) is 0 Å². The summed E-state index contributed by atoms with van der Waals surface area (Å²) in [5.41, 5.74) is 1.53. The van der Waals surface area contributed by atoms with Gasteiger partial charge in [0.2, 0.25) is 0 Å². The molecule has 0 bridgehead atoms. The molecule has 0 atom stereocenters. The van der Waals surface area contributed by atoms with Crippen LogP contribution < -0.4 is 4.90 Å². The highest BCUT2D eigenvalue weighted by molar-refractivity contribution is 6.42. The van der Waals surface area contributed by atoms with Crippen molar-refractivity contribution in [1.29, 1.82) is 0 Å². The largest absolute Gasteiger partial charge is 0.354 e. The number of aromatic nitrogens is 5. The van der Waals surface area contributed by atoms with E-state index in [1.165, 1.54) is 4.63 Å². The Morgan fingerprint density at radius 2 is 2.05 bits per heavy atom. The third-order valence-electron chi connectivity index (χ3n) is 2.89. The molecular weight excluding hydrogens is 299 g/mol. The molecule has 0 unspecified atom stereocenters. The molecular formula is C12H10Cl2N6. The molecule has 0 fully saturated rings. The molecule has 102 valence electrons. The summed E-state index contributed by atoms with van der Waals surface area (Å²) in [6.07, 6.45) is 0. The molecule has 0 spiro atoms. The van der Waals surface area contributed by atoms with Crippen molar-refractivity contribution in [2.45, 2.75) is 6.54 Å². The van der Waals surface area contributed by atoms with Gasteiger partial charge < -0.3 is 4.90 Å². The van der Waals surface area contributed by atoms with Gasteiger partial charge in [-0.05, 0) is 34.2 Å². The average molecular weight is 309 g/mol. The number of tetrazole rings is 1. The second-order valence-electron chi connectivity index (χ2n) is 4.29. The van der Waals surface area contributed by atoms with Crippen LogP contribution >= 0.6 is 23.2 Å². The van der Waals surface area contributed by atoms with Crippen molar-refractivity contribution in [3.63, 3.8) is 0 Å². The Balaban J connectivity index is 1.88. The molecule has 3 rings (SSSR count). The normalized spacial score (nSPS) is 10.9. The van der Waals surface area contributed by atoms with E-state index < -0.39 is 0 Å². The van der Waals surface area contributed by atoms with Crippen molar-refractivity contribution in [2.24, 2.45) is 0 Å². The van der Waals surface area contributed by atoms with Crippen molar-refractivity contribution in [2.75, 3.05) is 11.9 Å². The molecule has 0 amide bonds. The van der Waals surface area contributed by atoms with Crippen LogP contribution in [0.4, 0.5) is 5.82 Å². The van der Waals surface area contributed by atoms with E-state index in [1.54, 1.807) is 12.1 Å². The first-order valence-electron chi connectivity index (χ1n) is 5.84. The van der Waals surface area contributed by atoms with E-state index in [4.69, 9.17) is 23.2 Å². The first-order chi connectivity index (χ1) is 9.65. The van der Waals surface area contributed by atoms with Gasteiger partial charge in [0.1, 0.15) is 0 Å². The molecule has 6 nitrogen and oxygen atoms in total. The molecule has 2 aromatic heterocycles. The molecule has 3 aromatic rings. The summed E-state index contributed by atoms with van der Waals surface area (Å²) >= 11 is 12.2. The van der Waals surface area contributed by atoms with Crippen molar-refractivity contribution in [3.8, 4) is 0 Å². The summed E-state index contributed by atoms with van der Waals surface area (Å²) in [6.45, 7) is 0.583. The maximum absolute atomic E-state index is 6.19. The second-order valence-corrected chi connectivity index (χ2v) is 5.07. The summed E-state index contributed by atoms with van der Waals surface area (Å²) in [5, 5.41) is 16.6. The maximum Gasteiger partial charge on any atom is 0.200 e. The topological polar surface area (TPSA) is 59.2 Å². The van der Waals surface area contributed by atoms with Crippen molar-refractivity contribution >= 4 is 34.7 Å². The second kappa shape index (κ2) is 5.22. The lowest BCUT2D eigenvalue weighted by Gasteiger charge is -2.18. The molecule has 0 N–H and O–H groups in total. The van der Waals surface area contributed by atoms with Gasteiger partial charge in [-0.15, -0.1) is 14.8 Å². The maximum atomic E-state index is 6.19. The van der Waals surface area contributed by atoms with E-state index in [2.05, 4.69) is 20.6 Å². The Hall–Kier alpha value is -1.92. The highest BCUT2D eigenvalue weighted by atomic mass is 35.5. The Bertz CT molecular complexity index is 757. The van der Waals surface area contributed by atoms with Crippen LogP contribution in [0.1, 0.15) is 5.56 Å². The third-order valence-corrected chi connectivity index (χ3v) is 3.74. The zero-order chi connectivity index (χ0) is 14.1. The van der Waals surface area contributed by atoms with E-state index in [0.717, 1.165) is 11.4 Å². The van der Waals surface area contributed by atoms with Gasteiger partial charge in [-0.25, -0.2) is 0 Å². The van der Waals surface area contributed by atoms with Crippen LogP contribution in [-0.2, 0) is 6.54 Å². The van der Waals surface area contributed by atoms with Crippen LogP contribution in [-0.4, -0.2) is 32.3 Å². The van der Waals surface area contributed by atoms with Crippen molar-refractivity contribution < 1.29 is 0 Å². The first-order valence-corrected chi connectivity index (χ1v) is 6.60. The Morgan fingerprint density at radius 3 is 2.90 bits per heavy atom. The third kappa shape index (κ3) is 2.39. The highest BCUT2D eigenvalue weighted by Gasteiger charge is 2.10. The van der Waals surface area contributed by atoms with Crippen molar-refractivity contribution in [3.05, 3.63) is 45.9 Å². The number of hydrogen-bond donors (Lipinski definition) is 0. The van der Waals surface area contributed by atoms with Crippen LogP contribution in [0.25, 0.3) is 5.65 Å². The monoisotopic (exact) mass is 308 g/mol. The molecule has 0 saturated heterocycles. The number of nitrogens with zero attached hydrogens (tertiary/aromatic N) is 6. The van der Waals surface area contributed by atoms with Gasteiger partial charge in [0, 0.05) is 13.6 Å². The Morgan fingerprint density at radius 1 is 1.20 bits per heavy atom. The fraction of sp³-hybridized carbons (Fsp3) is 0.167. The predicted octanol–water partition coefficient (Wildman–Crippen LogP) is 2.46. The number of benzene rings is 1. The van der Waals surface area contributed by atoms with Crippen molar-refractivity contribution in [1.82, 2.24) is 25.3 Å². The minimum atomic E-state index is 0.543. The van der Waals surface area contributed by atoms with Crippen LogP contribution in [0.3, 0.4) is 0 Å². The molecule has 0 saturated carbocycles. The summed E-state index contributed by atoms with van der Waals surface area (Å²) in [7, 11) is 1.91. The predicted molar refractivity (Wildman–Crippen MR) is 77.1 cm³/mol. The van der Waals surface area contributed by atoms with E-state index in [9.17, 15) is 0 Å². The fourth-order valence-electron chi connectivity index (χ4n) is 1.85. The molecule has 0 radical (unpaired) electrons. The van der Waals surface area contributed by atoms with E-state index in [0.29, 0.717) is 22.2 Å². The van der Waals surface area contributed by atoms with Gasteiger partial charge >= 0.3 is 0 Å². The smallest absolute Gasteiger partial charge is 0.200 e. The summed E-state index contributed by atoms with van der Waals surface area (Å²) < 4.78 is 1.38. The highest BCUT2D eigenvalue weighted by Crippen LogP contribution is 2.27. The first kappa shape index (κ1) is 13.1. The lowest BCUT2D eigenvalue weighted by molar-refractivity contribution is 0.720. The number of fused-ring (bicyclic) bond motifs is 1. The molecule has 0 aliphatic heterocycles. The van der Waals surface area contributed by atoms with E-state index in [1.807, 2.05) is 30.1 Å². The van der Waals surface area contributed by atoms with E-state index >= 15 is 0 Å². The molecule has 20 heavy (non-hydrogen) atoms. The van der Waals surface area contributed by atoms with Gasteiger partial charge in [-0.1, -0.05) is 35.3 Å². The summed E-state index contributed by atoms with van der Waals surface area (Å²) in [5.74, 6) is 0.737. The van der Waals surface area contributed by atoms with Gasteiger partial charge in [0.05, 0.1) is 10.0 Å². The number of rotatable bonds is 3. The van der Waals surface area contributed by atoms with Crippen LogP contribution in [0.15, 0.2) is 30.3 Å². The standard InChI is InChI=1S/C12H10Cl2N6/c1-19(7-8-3-2-4-9(13)12(8)14)11-6-5-10-15-17-18-20(10)16-11/h2-6H,7H2,1H3. The molecule has 0 aliphatic carbocycles.